The predicted molar refractivity (Wildman–Crippen MR) is 70.6 cm³/mol. The Morgan fingerprint density at radius 2 is 2.12 bits per heavy atom. The van der Waals surface area contributed by atoms with Crippen LogP contribution >= 0.6 is 11.6 Å². The third-order valence-corrected chi connectivity index (χ3v) is 2.96. The lowest BCUT2D eigenvalue weighted by molar-refractivity contribution is 0.283. The van der Waals surface area contributed by atoms with E-state index < -0.39 is 0 Å². The van der Waals surface area contributed by atoms with Gasteiger partial charge in [0.25, 0.3) is 0 Å². The number of hydrogen-bond acceptors (Lipinski definition) is 3. The topological polar surface area (TPSA) is 41.5 Å². The van der Waals surface area contributed by atoms with Gasteiger partial charge in [0.2, 0.25) is 0 Å². The van der Waals surface area contributed by atoms with E-state index in [4.69, 9.17) is 21.4 Å². The van der Waals surface area contributed by atoms with Crippen LogP contribution in [-0.2, 0) is 6.54 Å². The zero-order valence-corrected chi connectivity index (χ0v) is 11.0. The Morgan fingerprint density at radius 1 is 1.29 bits per heavy atom. The fourth-order valence-electron chi connectivity index (χ4n) is 1.65. The number of hydrogen-bond donors (Lipinski definition) is 2. The highest BCUT2D eigenvalue weighted by molar-refractivity contribution is 6.31. The molecule has 0 aliphatic heterocycles. The van der Waals surface area contributed by atoms with Crippen LogP contribution < -0.4 is 10.1 Å². The molecule has 1 aromatic rings. The molecule has 0 heterocycles. The molecule has 0 bridgehead atoms. The molecule has 0 aromatic heterocycles. The summed E-state index contributed by atoms with van der Waals surface area (Å²) in [5.41, 5.74) is 0.999. The number of unbranched alkanes of at least 4 members (excludes halogenated alkanes) is 2. The molecular formula is C13H20ClNO2. The van der Waals surface area contributed by atoms with Crippen LogP contribution in [0, 0.1) is 0 Å². The lowest BCUT2D eigenvalue weighted by Crippen LogP contribution is -2.15. The van der Waals surface area contributed by atoms with Crippen molar-refractivity contribution in [1.82, 2.24) is 5.32 Å². The summed E-state index contributed by atoms with van der Waals surface area (Å²) in [4.78, 5) is 0. The molecule has 2 N–H and O–H groups in total. The van der Waals surface area contributed by atoms with Crippen LogP contribution in [0.2, 0.25) is 5.02 Å². The highest BCUT2D eigenvalue weighted by Gasteiger charge is 2.06. The summed E-state index contributed by atoms with van der Waals surface area (Å²) in [5, 5.41) is 12.7. The number of ether oxygens (including phenoxy) is 1. The Labute approximate surface area is 108 Å². The molecule has 0 unspecified atom stereocenters. The van der Waals surface area contributed by atoms with Crippen LogP contribution in [0.4, 0.5) is 0 Å². The maximum atomic E-state index is 8.65. The van der Waals surface area contributed by atoms with Gasteiger partial charge in [-0.2, -0.15) is 0 Å². The second-order valence-corrected chi connectivity index (χ2v) is 4.29. The van der Waals surface area contributed by atoms with Gasteiger partial charge in [-0.25, -0.2) is 0 Å². The molecule has 0 fully saturated rings. The highest BCUT2D eigenvalue weighted by Crippen LogP contribution is 2.25. The van der Waals surface area contributed by atoms with Crippen LogP contribution in [0.1, 0.15) is 24.8 Å². The summed E-state index contributed by atoms with van der Waals surface area (Å²) in [7, 11) is 1.65. The van der Waals surface area contributed by atoms with Crippen molar-refractivity contribution in [2.45, 2.75) is 25.8 Å². The van der Waals surface area contributed by atoms with Crippen LogP contribution in [-0.4, -0.2) is 25.4 Å². The molecule has 0 saturated heterocycles. The van der Waals surface area contributed by atoms with Crippen molar-refractivity contribution in [3.8, 4) is 5.75 Å². The minimum atomic E-state index is 0.276. The maximum Gasteiger partial charge on any atom is 0.124 e. The van der Waals surface area contributed by atoms with E-state index in [-0.39, 0.29) is 6.61 Å². The van der Waals surface area contributed by atoms with Crippen LogP contribution in [0.25, 0.3) is 0 Å². The third kappa shape index (κ3) is 4.94. The summed E-state index contributed by atoms with van der Waals surface area (Å²) in [6.45, 7) is 1.91. The summed E-state index contributed by atoms with van der Waals surface area (Å²) in [5.74, 6) is 0.820. The molecule has 0 spiro atoms. The van der Waals surface area contributed by atoms with Crippen molar-refractivity contribution in [3.63, 3.8) is 0 Å². The number of aliphatic hydroxyl groups excluding tert-OH is 1. The number of halogens is 1. The summed E-state index contributed by atoms with van der Waals surface area (Å²) in [6, 6.07) is 5.66. The van der Waals surface area contributed by atoms with Gasteiger partial charge in [-0.05, 0) is 37.9 Å². The van der Waals surface area contributed by atoms with Crippen molar-refractivity contribution < 1.29 is 9.84 Å². The first-order valence-electron chi connectivity index (χ1n) is 5.92. The lowest BCUT2D eigenvalue weighted by Gasteiger charge is -2.11. The molecule has 0 aliphatic carbocycles. The molecule has 0 atom stereocenters. The molecule has 0 saturated carbocycles. The van der Waals surface area contributed by atoms with Crippen LogP contribution in [0.5, 0.6) is 5.75 Å². The molecule has 3 nitrogen and oxygen atoms in total. The number of methoxy groups -OCH3 is 1. The molecule has 96 valence electrons. The van der Waals surface area contributed by atoms with Gasteiger partial charge in [-0.1, -0.05) is 17.7 Å². The Hall–Kier alpha value is -0.770. The van der Waals surface area contributed by atoms with E-state index >= 15 is 0 Å². The van der Waals surface area contributed by atoms with Crippen molar-refractivity contribution in [2.75, 3.05) is 20.3 Å². The van der Waals surface area contributed by atoms with Gasteiger partial charge in [0.15, 0.2) is 0 Å². The SMILES string of the molecule is COc1cccc(Cl)c1CNCCCCCO. The highest BCUT2D eigenvalue weighted by atomic mass is 35.5. The number of benzene rings is 1. The number of nitrogens with one attached hydrogen (secondary N) is 1. The lowest BCUT2D eigenvalue weighted by atomic mass is 10.2. The molecular weight excluding hydrogens is 238 g/mol. The van der Waals surface area contributed by atoms with Gasteiger partial charge >= 0.3 is 0 Å². The van der Waals surface area contributed by atoms with Crippen molar-refractivity contribution >= 4 is 11.6 Å². The van der Waals surface area contributed by atoms with Gasteiger partial charge in [0.05, 0.1) is 7.11 Å². The zero-order valence-electron chi connectivity index (χ0n) is 10.2. The molecule has 0 aliphatic rings. The third-order valence-electron chi connectivity index (χ3n) is 2.61. The Bertz CT molecular complexity index is 331. The molecule has 1 rings (SSSR count). The first kappa shape index (κ1) is 14.3. The van der Waals surface area contributed by atoms with Gasteiger partial charge < -0.3 is 15.2 Å². The quantitative estimate of drug-likeness (QED) is 0.704. The fraction of sp³-hybridized carbons (Fsp3) is 0.538. The predicted octanol–water partition coefficient (Wildman–Crippen LogP) is 2.60. The van der Waals surface area contributed by atoms with E-state index in [0.717, 1.165) is 42.1 Å². The maximum absolute atomic E-state index is 8.65. The normalized spacial score (nSPS) is 10.5. The molecule has 1 aromatic carbocycles. The van der Waals surface area contributed by atoms with E-state index in [1.54, 1.807) is 7.11 Å². The largest absolute Gasteiger partial charge is 0.496 e. The summed E-state index contributed by atoms with van der Waals surface area (Å²) >= 11 is 6.12. The molecule has 0 radical (unpaired) electrons. The van der Waals surface area contributed by atoms with Crippen molar-refractivity contribution in [3.05, 3.63) is 28.8 Å². The standard InChI is InChI=1S/C13H20ClNO2/c1-17-13-7-5-6-12(14)11(13)10-15-8-3-2-4-9-16/h5-7,15-16H,2-4,8-10H2,1H3. The number of aliphatic hydroxyl groups is 1. The fourth-order valence-corrected chi connectivity index (χ4v) is 1.89. The second kappa shape index (κ2) is 8.34. The average Bonchev–Trinajstić information content (AvgIpc) is 2.35. The van der Waals surface area contributed by atoms with Crippen molar-refractivity contribution in [2.24, 2.45) is 0 Å². The Kier molecular flexibility index (Phi) is 7.01. The molecule has 17 heavy (non-hydrogen) atoms. The van der Waals surface area contributed by atoms with Gasteiger partial charge in [0, 0.05) is 23.7 Å². The van der Waals surface area contributed by atoms with E-state index in [2.05, 4.69) is 5.32 Å². The second-order valence-electron chi connectivity index (χ2n) is 3.88. The smallest absolute Gasteiger partial charge is 0.124 e. The van der Waals surface area contributed by atoms with E-state index in [9.17, 15) is 0 Å². The monoisotopic (exact) mass is 257 g/mol. The van der Waals surface area contributed by atoms with Crippen molar-refractivity contribution in [1.29, 1.82) is 0 Å². The Balaban J connectivity index is 2.35. The summed E-state index contributed by atoms with van der Waals surface area (Å²) < 4.78 is 5.26. The molecule has 4 heteroatoms. The van der Waals surface area contributed by atoms with Crippen LogP contribution in [0.15, 0.2) is 18.2 Å². The average molecular weight is 258 g/mol. The van der Waals surface area contributed by atoms with E-state index in [1.165, 1.54) is 0 Å². The first-order valence-corrected chi connectivity index (χ1v) is 6.30. The minimum Gasteiger partial charge on any atom is -0.496 e. The van der Waals surface area contributed by atoms with E-state index in [1.807, 2.05) is 18.2 Å². The minimum absolute atomic E-state index is 0.276. The van der Waals surface area contributed by atoms with Gasteiger partial charge in [0.1, 0.15) is 5.75 Å². The zero-order chi connectivity index (χ0) is 12.5. The molecule has 0 amide bonds. The van der Waals surface area contributed by atoms with E-state index in [0.29, 0.717) is 6.54 Å². The summed E-state index contributed by atoms with van der Waals surface area (Å²) in [6.07, 6.45) is 2.98. The van der Waals surface area contributed by atoms with Crippen LogP contribution in [0.3, 0.4) is 0 Å². The Morgan fingerprint density at radius 3 is 2.82 bits per heavy atom. The van der Waals surface area contributed by atoms with Gasteiger partial charge in [-0.3, -0.25) is 0 Å². The first-order chi connectivity index (χ1) is 8.29. The van der Waals surface area contributed by atoms with Gasteiger partial charge in [-0.15, -0.1) is 0 Å². The number of rotatable bonds is 8.